The van der Waals surface area contributed by atoms with Crippen LogP contribution in [-0.2, 0) is 9.53 Å². The van der Waals surface area contributed by atoms with Crippen LogP contribution in [0.4, 0.5) is 17.1 Å². The maximum absolute atomic E-state index is 13.8. The molecule has 1 atom stereocenters. The third kappa shape index (κ3) is 7.17. The Morgan fingerprint density at radius 1 is 1.00 bits per heavy atom. The molecule has 1 amide bonds. The average molecular weight is 569 g/mol. The number of nitrogens with zero attached hydrogens (tertiary/aromatic N) is 4. The van der Waals surface area contributed by atoms with Crippen LogP contribution < -0.4 is 16.0 Å². The first kappa shape index (κ1) is 29.7. The first-order chi connectivity index (χ1) is 20.4. The minimum atomic E-state index is -0.180. The molecule has 2 aliphatic heterocycles. The first-order valence-electron chi connectivity index (χ1n) is 15.3. The van der Waals surface area contributed by atoms with Gasteiger partial charge in [-0.05, 0) is 88.6 Å². The van der Waals surface area contributed by atoms with E-state index in [0.29, 0.717) is 36.1 Å². The van der Waals surface area contributed by atoms with E-state index in [0.717, 1.165) is 72.5 Å². The van der Waals surface area contributed by atoms with Crippen LogP contribution in [0.25, 0.3) is 16.7 Å². The Kier molecular flexibility index (Phi) is 9.87. The fourth-order valence-corrected chi connectivity index (χ4v) is 5.87. The number of amides is 1. The molecule has 2 aromatic heterocycles. The van der Waals surface area contributed by atoms with E-state index >= 15 is 0 Å². The number of carbonyl (C=O) groups is 1. The molecule has 0 spiro atoms. The van der Waals surface area contributed by atoms with Gasteiger partial charge in [-0.15, -0.1) is 0 Å². The molecule has 2 aliphatic rings. The predicted octanol–water partition coefficient (Wildman–Crippen LogP) is 5.97. The minimum Gasteiger partial charge on any atom is -0.398 e. The predicted molar refractivity (Wildman–Crippen MR) is 172 cm³/mol. The van der Waals surface area contributed by atoms with Gasteiger partial charge in [0.25, 0.3) is 5.91 Å². The molecule has 2 saturated heterocycles. The zero-order valence-electron chi connectivity index (χ0n) is 25.2. The number of ether oxygens (including phenoxy) is 1. The lowest BCUT2D eigenvalue weighted by molar-refractivity contribution is -0.111. The highest BCUT2D eigenvalue weighted by atomic mass is 16.5. The van der Waals surface area contributed by atoms with Gasteiger partial charge in [-0.3, -0.25) is 14.8 Å². The molecule has 5 rings (SSSR count). The first-order valence-corrected chi connectivity index (χ1v) is 15.3. The summed E-state index contributed by atoms with van der Waals surface area (Å²) < 4.78 is 5.51. The van der Waals surface area contributed by atoms with Crippen LogP contribution in [0.3, 0.4) is 0 Å². The van der Waals surface area contributed by atoms with E-state index in [-0.39, 0.29) is 5.91 Å². The molecular formula is C34H44N6O2. The van der Waals surface area contributed by atoms with Crippen molar-refractivity contribution in [1.29, 1.82) is 0 Å². The number of hydrogen-bond acceptors (Lipinski definition) is 7. The highest BCUT2D eigenvalue weighted by Gasteiger charge is 2.21. The number of benzene rings is 1. The standard InChI is InChI=1S/C34H44N6O2/c1-4-24(2)33(34(41)38-28-9-11-32(37-22-28)25-7-5-6-13-39(3)14-12-25)30-20-26(8-10-31(30)35)27-19-29(23-36-21-27)40-15-17-42-18-16-40/h8-11,19-23,25H,4-7,12-18,35H2,1-3H3,(H,38,41). The van der Waals surface area contributed by atoms with Crippen molar-refractivity contribution in [2.24, 2.45) is 0 Å². The van der Waals surface area contributed by atoms with E-state index in [2.05, 4.69) is 46.2 Å². The van der Waals surface area contributed by atoms with E-state index in [1.165, 1.54) is 19.4 Å². The summed E-state index contributed by atoms with van der Waals surface area (Å²) in [6.45, 7) is 9.42. The van der Waals surface area contributed by atoms with Gasteiger partial charge in [0.2, 0.25) is 0 Å². The van der Waals surface area contributed by atoms with Crippen molar-refractivity contribution in [3.05, 3.63) is 71.8 Å². The van der Waals surface area contributed by atoms with Crippen molar-refractivity contribution in [1.82, 2.24) is 14.9 Å². The number of rotatable bonds is 7. The van der Waals surface area contributed by atoms with Gasteiger partial charge in [0, 0.05) is 53.3 Å². The van der Waals surface area contributed by atoms with E-state index in [1.807, 2.05) is 43.6 Å². The van der Waals surface area contributed by atoms with E-state index in [9.17, 15) is 4.79 Å². The molecule has 1 aromatic carbocycles. The maximum Gasteiger partial charge on any atom is 0.256 e. The Hall–Kier alpha value is -3.75. The molecule has 0 saturated carbocycles. The fraction of sp³-hybridized carbons (Fsp3) is 0.441. The van der Waals surface area contributed by atoms with Crippen molar-refractivity contribution >= 4 is 28.5 Å². The number of likely N-dealkylation sites (tertiary alicyclic amines) is 1. The Labute approximate surface area is 250 Å². The van der Waals surface area contributed by atoms with E-state index in [1.54, 1.807) is 6.20 Å². The molecule has 2 fully saturated rings. The molecule has 0 radical (unpaired) electrons. The zero-order chi connectivity index (χ0) is 29.5. The van der Waals surface area contributed by atoms with Crippen molar-refractivity contribution in [2.75, 3.05) is 62.4 Å². The Morgan fingerprint density at radius 3 is 2.60 bits per heavy atom. The lowest BCUT2D eigenvalue weighted by Gasteiger charge is -2.28. The smallest absolute Gasteiger partial charge is 0.256 e. The molecule has 3 N–H and O–H groups in total. The second-order valence-electron chi connectivity index (χ2n) is 11.6. The van der Waals surface area contributed by atoms with Crippen LogP contribution in [0.2, 0.25) is 0 Å². The molecular weight excluding hydrogens is 524 g/mol. The summed E-state index contributed by atoms with van der Waals surface area (Å²) in [5, 5.41) is 3.10. The molecule has 0 aliphatic carbocycles. The molecule has 8 heteroatoms. The zero-order valence-corrected chi connectivity index (χ0v) is 25.2. The Morgan fingerprint density at radius 2 is 1.83 bits per heavy atom. The Balaban J connectivity index is 1.37. The summed E-state index contributed by atoms with van der Waals surface area (Å²) >= 11 is 0. The number of nitrogens with one attached hydrogen (secondary N) is 1. The van der Waals surface area contributed by atoms with Gasteiger partial charge in [0.1, 0.15) is 0 Å². The van der Waals surface area contributed by atoms with Crippen LogP contribution in [-0.4, -0.2) is 67.2 Å². The van der Waals surface area contributed by atoms with Crippen molar-refractivity contribution in [2.45, 2.75) is 51.9 Å². The number of hydrogen-bond donors (Lipinski definition) is 2. The molecule has 8 nitrogen and oxygen atoms in total. The molecule has 222 valence electrons. The summed E-state index contributed by atoms with van der Waals surface area (Å²) in [6, 6.07) is 12.1. The number of morpholine rings is 1. The van der Waals surface area contributed by atoms with Crippen LogP contribution in [0.15, 0.2) is 60.6 Å². The molecule has 0 bridgehead atoms. The molecule has 1 unspecified atom stereocenters. The number of aromatic nitrogens is 2. The highest BCUT2D eigenvalue weighted by Crippen LogP contribution is 2.33. The normalized spacial score (nSPS) is 19.0. The number of anilines is 3. The van der Waals surface area contributed by atoms with Crippen molar-refractivity contribution in [3.63, 3.8) is 0 Å². The van der Waals surface area contributed by atoms with Crippen molar-refractivity contribution < 1.29 is 9.53 Å². The van der Waals surface area contributed by atoms with Gasteiger partial charge >= 0.3 is 0 Å². The van der Waals surface area contributed by atoms with Crippen LogP contribution >= 0.6 is 0 Å². The second kappa shape index (κ2) is 13.9. The third-order valence-corrected chi connectivity index (χ3v) is 8.60. The number of nitrogen functional groups attached to an aromatic ring is 1. The minimum absolute atomic E-state index is 0.180. The summed E-state index contributed by atoms with van der Waals surface area (Å²) in [5.41, 5.74) is 14.2. The number of allylic oxidation sites excluding steroid dienone is 1. The van der Waals surface area contributed by atoms with Crippen LogP contribution in [0, 0.1) is 0 Å². The monoisotopic (exact) mass is 568 g/mol. The average Bonchev–Trinajstić information content (AvgIpc) is 3.01. The fourth-order valence-electron chi connectivity index (χ4n) is 5.87. The van der Waals surface area contributed by atoms with E-state index in [4.69, 9.17) is 15.5 Å². The lowest BCUT2D eigenvalue weighted by Crippen LogP contribution is -2.36. The van der Waals surface area contributed by atoms with E-state index < -0.39 is 0 Å². The summed E-state index contributed by atoms with van der Waals surface area (Å²) in [4.78, 5) is 27.8. The summed E-state index contributed by atoms with van der Waals surface area (Å²) in [6.07, 6.45) is 11.0. The van der Waals surface area contributed by atoms with Gasteiger partial charge in [-0.25, -0.2) is 0 Å². The summed E-state index contributed by atoms with van der Waals surface area (Å²) in [7, 11) is 2.19. The topological polar surface area (TPSA) is 96.6 Å². The second-order valence-corrected chi connectivity index (χ2v) is 11.6. The SMILES string of the molecule is CCC(C)=C(C(=O)Nc1ccc(C2CCCCN(C)CC2)nc1)c1cc(-c2cncc(N3CCOCC3)c2)ccc1N. The number of nitrogens with two attached hydrogens (primary N) is 1. The van der Waals surface area contributed by atoms with Crippen LogP contribution in [0.1, 0.15) is 63.1 Å². The van der Waals surface area contributed by atoms with Gasteiger partial charge in [-0.2, -0.15) is 0 Å². The largest absolute Gasteiger partial charge is 0.398 e. The lowest BCUT2D eigenvalue weighted by atomic mass is 9.92. The van der Waals surface area contributed by atoms with Gasteiger partial charge < -0.3 is 25.6 Å². The number of carbonyl (C=O) groups excluding carboxylic acids is 1. The van der Waals surface area contributed by atoms with Crippen molar-refractivity contribution in [3.8, 4) is 11.1 Å². The third-order valence-electron chi connectivity index (χ3n) is 8.60. The van der Waals surface area contributed by atoms with Gasteiger partial charge in [-0.1, -0.05) is 25.0 Å². The molecule has 3 aromatic rings. The number of pyridine rings is 2. The maximum atomic E-state index is 13.8. The van der Waals surface area contributed by atoms with Gasteiger partial charge in [0.05, 0.1) is 37.0 Å². The summed E-state index contributed by atoms with van der Waals surface area (Å²) in [5.74, 6) is 0.273. The Bertz CT molecular complexity index is 1400. The highest BCUT2D eigenvalue weighted by molar-refractivity contribution is 6.27. The molecule has 4 heterocycles. The quantitative estimate of drug-likeness (QED) is 0.268. The van der Waals surface area contributed by atoms with Gasteiger partial charge in [0.15, 0.2) is 0 Å². The van der Waals surface area contributed by atoms with Crippen LogP contribution in [0.5, 0.6) is 0 Å². The molecule has 42 heavy (non-hydrogen) atoms.